The molecule has 0 saturated carbocycles. The minimum absolute atomic E-state index is 0.318. The van der Waals surface area contributed by atoms with Crippen molar-refractivity contribution in [1.82, 2.24) is 19.9 Å². The molecule has 4 aromatic rings. The second-order valence-electron chi connectivity index (χ2n) is 8.81. The summed E-state index contributed by atoms with van der Waals surface area (Å²) in [5.41, 5.74) is 3.58. The maximum atomic E-state index is 13.2. The summed E-state index contributed by atoms with van der Waals surface area (Å²) in [4.78, 5) is 32.9. The standard InChI is InChI=1S/C24H27N5O3/c1-24(2,3)32-23(31)28-20(11-15-13-29(4)21-8-6-5-7-17(15)21)22(30)27-16-9-10-18-19(12-16)26-14-25-18/h5-10,12-14,20H,11H2,1-4H3,(H,25,26)(H,27,30)(H,28,31)/t20-/m1/s1. The highest BCUT2D eigenvalue weighted by Gasteiger charge is 2.26. The number of aryl methyl sites for hydroxylation is 1. The molecule has 0 radical (unpaired) electrons. The van der Waals surface area contributed by atoms with Crippen LogP contribution < -0.4 is 10.6 Å². The molecule has 1 atom stereocenters. The van der Waals surface area contributed by atoms with E-state index in [9.17, 15) is 9.59 Å². The van der Waals surface area contributed by atoms with E-state index in [4.69, 9.17) is 4.74 Å². The number of carbonyl (C=O) groups excluding carboxylic acids is 2. The molecule has 0 unspecified atom stereocenters. The number of hydrogen-bond donors (Lipinski definition) is 3. The molecule has 166 valence electrons. The number of imidazole rings is 1. The first-order chi connectivity index (χ1) is 15.2. The fraction of sp³-hybridized carbons (Fsp3) is 0.292. The SMILES string of the molecule is Cn1cc(C[C@@H](NC(=O)OC(C)(C)C)C(=O)Nc2ccc3nc[nH]c3c2)c2ccccc21. The van der Waals surface area contributed by atoms with Crippen LogP contribution in [0.4, 0.5) is 10.5 Å². The average Bonchev–Trinajstić information content (AvgIpc) is 3.30. The Morgan fingerprint density at radius 1 is 1.19 bits per heavy atom. The van der Waals surface area contributed by atoms with Gasteiger partial charge in [-0.1, -0.05) is 18.2 Å². The number of H-pyrrole nitrogens is 1. The predicted molar refractivity (Wildman–Crippen MR) is 125 cm³/mol. The summed E-state index contributed by atoms with van der Waals surface area (Å²) in [5.74, 6) is -0.331. The summed E-state index contributed by atoms with van der Waals surface area (Å²) in [7, 11) is 1.96. The van der Waals surface area contributed by atoms with Gasteiger partial charge in [-0.2, -0.15) is 0 Å². The number of nitrogens with one attached hydrogen (secondary N) is 3. The summed E-state index contributed by atoms with van der Waals surface area (Å²) in [6, 6.07) is 12.6. The molecule has 8 heteroatoms. The molecule has 32 heavy (non-hydrogen) atoms. The maximum absolute atomic E-state index is 13.2. The monoisotopic (exact) mass is 433 g/mol. The van der Waals surface area contributed by atoms with Crippen LogP contribution in [0.15, 0.2) is 55.0 Å². The van der Waals surface area contributed by atoms with Gasteiger partial charge in [0.15, 0.2) is 0 Å². The molecule has 2 amide bonds. The van der Waals surface area contributed by atoms with Gasteiger partial charge in [-0.25, -0.2) is 9.78 Å². The van der Waals surface area contributed by atoms with Crippen molar-refractivity contribution in [3.8, 4) is 0 Å². The number of benzene rings is 2. The lowest BCUT2D eigenvalue weighted by Crippen LogP contribution is -2.47. The van der Waals surface area contributed by atoms with Gasteiger partial charge in [0, 0.05) is 36.3 Å². The van der Waals surface area contributed by atoms with E-state index in [1.807, 2.05) is 54.2 Å². The van der Waals surface area contributed by atoms with E-state index in [-0.39, 0.29) is 5.91 Å². The topological polar surface area (TPSA) is 101 Å². The van der Waals surface area contributed by atoms with E-state index < -0.39 is 17.7 Å². The number of hydrogen-bond acceptors (Lipinski definition) is 4. The van der Waals surface area contributed by atoms with Gasteiger partial charge in [0.2, 0.25) is 5.91 Å². The summed E-state index contributed by atoms with van der Waals surface area (Å²) in [6.45, 7) is 5.35. The fourth-order valence-electron chi connectivity index (χ4n) is 3.71. The van der Waals surface area contributed by atoms with Crippen LogP contribution in [0.3, 0.4) is 0 Å². The Hall–Kier alpha value is -3.81. The quantitative estimate of drug-likeness (QED) is 0.440. The Labute approximate surface area is 186 Å². The van der Waals surface area contributed by atoms with Crippen molar-refractivity contribution in [2.75, 3.05) is 5.32 Å². The average molecular weight is 434 g/mol. The Morgan fingerprint density at radius 2 is 1.97 bits per heavy atom. The highest BCUT2D eigenvalue weighted by atomic mass is 16.6. The van der Waals surface area contributed by atoms with Crippen molar-refractivity contribution in [3.63, 3.8) is 0 Å². The Morgan fingerprint density at radius 3 is 2.75 bits per heavy atom. The van der Waals surface area contributed by atoms with Crippen molar-refractivity contribution in [2.45, 2.75) is 38.8 Å². The van der Waals surface area contributed by atoms with Crippen LogP contribution in [-0.4, -0.2) is 38.2 Å². The Balaban J connectivity index is 1.59. The third kappa shape index (κ3) is 4.74. The van der Waals surface area contributed by atoms with Gasteiger partial charge in [-0.3, -0.25) is 4.79 Å². The zero-order valence-corrected chi connectivity index (χ0v) is 18.6. The molecule has 0 saturated heterocycles. The van der Waals surface area contributed by atoms with Crippen LogP contribution >= 0.6 is 0 Å². The second kappa shape index (κ2) is 8.37. The lowest BCUT2D eigenvalue weighted by molar-refractivity contribution is -0.118. The molecular weight excluding hydrogens is 406 g/mol. The third-order valence-corrected chi connectivity index (χ3v) is 5.10. The smallest absolute Gasteiger partial charge is 0.408 e. The highest BCUT2D eigenvalue weighted by Crippen LogP contribution is 2.22. The van der Waals surface area contributed by atoms with Gasteiger partial charge in [-0.05, 0) is 50.6 Å². The van der Waals surface area contributed by atoms with E-state index in [1.54, 1.807) is 33.2 Å². The molecule has 2 heterocycles. The first-order valence-electron chi connectivity index (χ1n) is 10.5. The number of amides is 2. The van der Waals surface area contributed by atoms with Crippen molar-refractivity contribution < 1.29 is 14.3 Å². The summed E-state index contributed by atoms with van der Waals surface area (Å²) < 4.78 is 7.41. The zero-order valence-electron chi connectivity index (χ0n) is 18.6. The van der Waals surface area contributed by atoms with Gasteiger partial charge in [0.25, 0.3) is 0 Å². The van der Waals surface area contributed by atoms with Crippen LogP contribution in [0, 0.1) is 0 Å². The van der Waals surface area contributed by atoms with Crippen molar-refractivity contribution in [1.29, 1.82) is 0 Å². The van der Waals surface area contributed by atoms with Crippen LogP contribution in [0.25, 0.3) is 21.9 Å². The molecule has 0 aliphatic carbocycles. The number of para-hydroxylation sites is 1. The molecular formula is C24H27N5O3. The lowest BCUT2D eigenvalue weighted by atomic mass is 10.0. The van der Waals surface area contributed by atoms with E-state index >= 15 is 0 Å². The lowest BCUT2D eigenvalue weighted by Gasteiger charge is -2.23. The first-order valence-corrected chi connectivity index (χ1v) is 10.5. The van der Waals surface area contributed by atoms with Gasteiger partial charge in [0.1, 0.15) is 11.6 Å². The molecule has 0 aliphatic rings. The van der Waals surface area contributed by atoms with Crippen LogP contribution in [-0.2, 0) is 23.0 Å². The summed E-state index contributed by atoms with van der Waals surface area (Å²) in [6.07, 6.45) is 3.27. The number of nitrogens with zero attached hydrogens (tertiary/aromatic N) is 2. The van der Waals surface area contributed by atoms with Crippen LogP contribution in [0.2, 0.25) is 0 Å². The molecule has 3 N–H and O–H groups in total. The molecule has 0 fully saturated rings. The largest absolute Gasteiger partial charge is 0.444 e. The minimum atomic E-state index is -0.826. The normalized spacial score (nSPS) is 12.6. The van der Waals surface area contributed by atoms with Crippen molar-refractivity contribution in [3.05, 3.63) is 60.6 Å². The van der Waals surface area contributed by atoms with E-state index in [2.05, 4.69) is 20.6 Å². The maximum Gasteiger partial charge on any atom is 0.408 e. The van der Waals surface area contributed by atoms with Crippen molar-refractivity contribution >= 4 is 39.6 Å². The molecule has 0 aliphatic heterocycles. The Bertz CT molecular complexity index is 1280. The number of ether oxygens (including phenoxy) is 1. The number of aromatic nitrogens is 3. The molecule has 0 spiro atoms. The van der Waals surface area contributed by atoms with Crippen LogP contribution in [0.1, 0.15) is 26.3 Å². The van der Waals surface area contributed by atoms with Gasteiger partial charge >= 0.3 is 6.09 Å². The van der Waals surface area contributed by atoms with E-state index in [1.165, 1.54) is 0 Å². The number of anilines is 1. The van der Waals surface area contributed by atoms with Crippen LogP contribution in [0.5, 0.6) is 0 Å². The molecule has 4 rings (SSSR count). The fourth-order valence-corrected chi connectivity index (χ4v) is 3.71. The first kappa shape index (κ1) is 21.4. The number of rotatable bonds is 5. The number of fused-ring (bicyclic) bond motifs is 2. The summed E-state index contributed by atoms with van der Waals surface area (Å²) >= 11 is 0. The van der Waals surface area contributed by atoms with Gasteiger partial charge in [-0.15, -0.1) is 0 Å². The molecule has 0 bridgehead atoms. The zero-order chi connectivity index (χ0) is 22.9. The van der Waals surface area contributed by atoms with E-state index in [0.717, 1.165) is 27.5 Å². The second-order valence-corrected chi connectivity index (χ2v) is 8.81. The highest BCUT2D eigenvalue weighted by molar-refractivity contribution is 5.98. The minimum Gasteiger partial charge on any atom is -0.444 e. The molecule has 2 aromatic carbocycles. The summed E-state index contributed by atoms with van der Waals surface area (Å²) in [5, 5.41) is 6.69. The number of aromatic amines is 1. The Kier molecular flexibility index (Phi) is 5.61. The molecule has 8 nitrogen and oxygen atoms in total. The number of carbonyl (C=O) groups is 2. The van der Waals surface area contributed by atoms with Gasteiger partial charge < -0.3 is 24.9 Å². The predicted octanol–water partition coefficient (Wildman–Crippen LogP) is 4.13. The number of alkyl carbamates (subject to hydrolysis) is 1. The van der Waals surface area contributed by atoms with Crippen molar-refractivity contribution in [2.24, 2.45) is 7.05 Å². The third-order valence-electron chi connectivity index (χ3n) is 5.10. The van der Waals surface area contributed by atoms with E-state index in [0.29, 0.717) is 12.1 Å². The molecule has 2 aromatic heterocycles. The van der Waals surface area contributed by atoms with Gasteiger partial charge in [0.05, 0.1) is 17.4 Å².